The van der Waals surface area contributed by atoms with E-state index >= 15 is 0 Å². The van der Waals surface area contributed by atoms with E-state index in [1.54, 1.807) is 0 Å². The minimum atomic E-state index is -0.539. The molecule has 1 saturated carbocycles. The Kier molecular flexibility index (Phi) is 7.49. The van der Waals surface area contributed by atoms with E-state index in [0.717, 1.165) is 25.0 Å². The van der Waals surface area contributed by atoms with Crippen molar-refractivity contribution in [3.63, 3.8) is 0 Å². The Morgan fingerprint density at radius 2 is 1.81 bits per heavy atom. The summed E-state index contributed by atoms with van der Waals surface area (Å²) in [5.41, 5.74) is 0.699. The van der Waals surface area contributed by atoms with Crippen molar-refractivity contribution in [3.8, 4) is 5.75 Å². The predicted molar refractivity (Wildman–Crippen MR) is 104 cm³/mol. The van der Waals surface area contributed by atoms with E-state index in [2.05, 4.69) is 17.6 Å². The number of hydrogen-bond donors (Lipinski definition) is 2. The van der Waals surface area contributed by atoms with Gasteiger partial charge in [0.15, 0.2) is 0 Å². The van der Waals surface area contributed by atoms with Gasteiger partial charge in [-0.1, -0.05) is 33.6 Å². The second kappa shape index (κ2) is 9.60. The topological polar surface area (TPSA) is 67.4 Å². The second-order valence-electron chi connectivity index (χ2n) is 7.55. The van der Waals surface area contributed by atoms with Gasteiger partial charge in [-0.25, -0.2) is 0 Å². The first-order chi connectivity index (χ1) is 12.4. The van der Waals surface area contributed by atoms with Gasteiger partial charge in [0.2, 0.25) is 11.8 Å². The summed E-state index contributed by atoms with van der Waals surface area (Å²) in [5, 5.41) is 5.90. The SMILES string of the molecule is CCOc1ccc(NC(=O)[C@H](NC(=O)[C@@H]2CCCC[C@H]2C)C(C)C)cc1. The van der Waals surface area contributed by atoms with Crippen LogP contribution in [0.1, 0.15) is 53.4 Å². The molecular formula is C21H32N2O3. The Bertz CT molecular complexity index is 598. The minimum Gasteiger partial charge on any atom is -0.494 e. The molecule has 5 heteroatoms. The van der Waals surface area contributed by atoms with Crippen LogP contribution in [0.3, 0.4) is 0 Å². The lowest BCUT2D eigenvalue weighted by atomic mass is 9.79. The minimum absolute atomic E-state index is 0.0118. The normalized spacial score (nSPS) is 21.1. The zero-order valence-corrected chi connectivity index (χ0v) is 16.4. The van der Waals surface area contributed by atoms with Crippen molar-refractivity contribution < 1.29 is 14.3 Å². The molecule has 0 heterocycles. The Balaban J connectivity index is 1.99. The monoisotopic (exact) mass is 360 g/mol. The third-order valence-corrected chi connectivity index (χ3v) is 5.13. The maximum atomic E-state index is 12.7. The van der Waals surface area contributed by atoms with Crippen molar-refractivity contribution in [2.75, 3.05) is 11.9 Å². The Morgan fingerprint density at radius 3 is 2.38 bits per heavy atom. The van der Waals surface area contributed by atoms with Gasteiger partial charge in [0.05, 0.1) is 6.61 Å². The van der Waals surface area contributed by atoms with Gasteiger partial charge in [-0.05, 0) is 55.9 Å². The number of carbonyl (C=O) groups excluding carboxylic acids is 2. The molecule has 1 aliphatic carbocycles. The first kappa shape index (κ1) is 20.3. The van der Waals surface area contributed by atoms with E-state index in [-0.39, 0.29) is 23.7 Å². The van der Waals surface area contributed by atoms with Crippen LogP contribution < -0.4 is 15.4 Å². The lowest BCUT2D eigenvalue weighted by molar-refractivity contribution is -0.132. The molecule has 0 aliphatic heterocycles. The van der Waals surface area contributed by atoms with Crippen LogP contribution in [0.4, 0.5) is 5.69 Å². The van der Waals surface area contributed by atoms with Crippen LogP contribution in [0.25, 0.3) is 0 Å². The van der Waals surface area contributed by atoms with E-state index in [9.17, 15) is 9.59 Å². The molecule has 26 heavy (non-hydrogen) atoms. The molecule has 0 bridgehead atoms. The van der Waals surface area contributed by atoms with Gasteiger partial charge in [-0.15, -0.1) is 0 Å². The fourth-order valence-electron chi connectivity index (χ4n) is 3.52. The summed E-state index contributed by atoms with van der Waals surface area (Å²) < 4.78 is 5.41. The number of benzene rings is 1. The quantitative estimate of drug-likeness (QED) is 0.772. The number of amides is 2. The molecule has 3 atom stereocenters. The highest BCUT2D eigenvalue weighted by molar-refractivity contribution is 5.97. The number of nitrogens with one attached hydrogen (secondary N) is 2. The van der Waals surface area contributed by atoms with Crippen LogP contribution >= 0.6 is 0 Å². The highest BCUT2D eigenvalue weighted by atomic mass is 16.5. The van der Waals surface area contributed by atoms with Gasteiger partial charge >= 0.3 is 0 Å². The van der Waals surface area contributed by atoms with Gasteiger partial charge in [-0.3, -0.25) is 9.59 Å². The highest BCUT2D eigenvalue weighted by Crippen LogP contribution is 2.30. The fraction of sp³-hybridized carbons (Fsp3) is 0.619. The van der Waals surface area contributed by atoms with Crippen molar-refractivity contribution in [3.05, 3.63) is 24.3 Å². The summed E-state index contributed by atoms with van der Waals surface area (Å²) in [6.07, 6.45) is 4.28. The third kappa shape index (κ3) is 5.48. The number of carbonyl (C=O) groups is 2. The van der Waals surface area contributed by atoms with Gasteiger partial charge < -0.3 is 15.4 Å². The summed E-state index contributed by atoms with van der Waals surface area (Å²) in [6, 6.07) is 6.73. The average molecular weight is 360 g/mol. The van der Waals surface area contributed by atoms with E-state index in [1.165, 1.54) is 6.42 Å². The van der Waals surface area contributed by atoms with E-state index in [4.69, 9.17) is 4.74 Å². The molecule has 2 amide bonds. The van der Waals surface area contributed by atoms with Crippen molar-refractivity contribution in [1.29, 1.82) is 0 Å². The maximum Gasteiger partial charge on any atom is 0.247 e. The molecule has 5 nitrogen and oxygen atoms in total. The van der Waals surface area contributed by atoms with Crippen LogP contribution in [-0.2, 0) is 9.59 Å². The van der Waals surface area contributed by atoms with Crippen molar-refractivity contribution in [2.24, 2.45) is 17.8 Å². The molecule has 144 valence electrons. The molecule has 2 N–H and O–H groups in total. The van der Waals surface area contributed by atoms with Gasteiger partial charge in [-0.2, -0.15) is 0 Å². The summed E-state index contributed by atoms with van der Waals surface area (Å²) in [4.78, 5) is 25.4. The molecular weight excluding hydrogens is 328 g/mol. The number of anilines is 1. The van der Waals surface area contributed by atoms with Crippen LogP contribution in [-0.4, -0.2) is 24.5 Å². The Morgan fingerprint density at radius 1 is 1.15 bits per heavy atom. The standard InChI is InChI=1S/C21H32N2O3/c1-5-26-17-12-10-16(11-13-17)22-21(25)19(14(2)3)23-20(24)18-9-7-6-8-15(18)4/h10-15,18-19H,5-9H2,1-4H3,(H,22,25)(H,23,24)/t15-,18-,19-/m1/s1. The smallest absolute Gasteiger partial charge is 0.247 e. The molecule has 1 aromatic rings. The van der Waals surface area contributed by atoms with Gasteiger partial charge in [0.1, 0.15) is 11.8 Å². The summed E-state index contributed by atoms with van der Waals surface area (Å²) >= 11 is 0. The largest absolute Gasteiger partial charge is 0.494 e. The average Bonchev–Trinajstić information content (AvgIpc) is 2.61. The zero-order chi connectivity index (χ0) is 19.1. The van der Waals surface area contributed by atoms with Gasteiger partial charge in [0.25, 0.3) is 0 Å². The highest BCUT2D eigenvalue weighted by Gasteiger charge is 2.32. The van der Waals surface area contributed by atoms with E-state index in [1.807, 2.05) is 45.0 Å². The fourth-order valence-corrected chi connectivity index (χ4v) is 3.52. The van der Waals surface area contributed by atoms with Crippen molar-refractivity contribution in [1.82, 2.24) is 5.32 Å². The zero-order valence-electron chi connectivity index (χ0n) is 16.4. The van der Waals surface area contributed by atoms with Crippen molar-refractivity contribution in [2.45, 2.75) is 59.4 Å². The van der Waals surface area contributed by atoms with Crippen LogP contribution in [0.5, 0.6) is 5.75 Å². The van der Waals surface area contributed by atoms with Crippen LogP contribution in [0.15, 0.2) is 24.3 Å². The Hall–Kier alpha value is -2.04. The number of hydrogen-bond acceptors (Lipinski definition) is 3. The summed E-state index contributed by atoms with van der Waals surface area (Å²) in [6.45, 7) is 8.57. The molecule has 0 unspecified atom stereocenters. The molecule has 0 spiro atoms. The van der Waals surface area contributed by atoms with Crippen LogP contribution in [0, 0.1) is 17.8 Å². The summed E-state index contributed by atoms with van der Waals surface area (Å²) in [7, 11) is 0. The summed E-state index contributed by atoms with van der Waals surface area (Å²) in [5.74, 6) is 1.01. The molecule has 1 fully saturated rings. The van der Waals surface area contributed by atoms with Gasteiger partial charge in [0, 0.05) is 11.6 Å². The van der Waals surface area contributed by atoms with Crippen molar-refractivity contribution >= 4 is 17.5 Å². The predicted octanol–water partition coefficient (Wildman–Crippen LogP) is 3.99. The van der Waals surface area contributed by atoms with E-state index in [0.29, 0.717) is 18.2 Å². The lowest BCUT2D eigenvalue weighted by Crippen LogP contribution is -2.50. The van der Waals surface area contributed by atoms with Crippen LogP contribution in [0.2, 0.25) is 0 Å². The molecule has 2 rings (SSSR count). The first-order valence-electron chi connectivity index (χ1n) is 9.76. The second-order valence-corrected chi connectivity index (χ2v) is 7.55. The molecule has 0 saturated heterocycles. The molecule has 1 aliphatic rings. The lowest BCUT2D eigenvalue weighted by Gasteiger charge is -2.30. The first-order valence-corrected chi connectivity index (χ1v) is 9.76. The third-order valence-electron chi connectivity index (χ3n) is 5.13. The number of rotatable bonds is 7. The molecule has 0 radical (unpaired) electrons. The Labute approximate surface area is 156 Å². The number of ether oxygens (including phenoxy) is 1. The molecule has 0 aromatic heterocycles. The molecule has 1 aromatic carbocycles. The van der Waals surface area contributed by atoms with E-state index < -0.39 is 6.04 Å². The maximum absolute atomic E-state index is 12.7.